The van der Waals surface area contributed by atoms with Gasteiger partial charge in [0, 0.05) is 0 Å². The van der Waals surface area contributed by atoms with Crippen molar-refractivity contribution in [3.63, 3.8) is 0 Å². The van der Waals surface area contributed by atoms with Crippen molar-refractivity contribution in [3.05, 3.63) is 0 Å². The molecule has 0 fully saturated rings. The molecule has 0 saturated heterocycles. The van der Waals surface area contributed by atoms with Crippen LogP contribution in [0.2, 0.25) is 0 Å². The molecule has 0 heterocycles. The second-order valence-corrected chi connectivity index (χ2v) is 5.85. The van der Waals surface area contributed by atoms with E-state index in [1.54, 1.807) is 0 Å². The summed E-state index contributed by atoms with van der Waals surface area (Å²) in [5, 5.41) is 0. The van der Waals surface area contributed by atoms with Gasteiger partial charge in [0.15, 0.2) is 0 Å². The van der Waals surface area contributed by atoms with E-state index >= 15 is 0 Å². The van der Waals surface area contributed by atoms with Gasteiger partial charge in [-0.2, -0.15) is 0 Å². The Morgan fingerprint density at radius 2 is 1.05 bits per heavy atom. The fraction of sp³-hybridized carbons (Fsp3) is 1.00. The van der Waals surface area contributed by atoms with Gasteiger partial charge in [-0.25, -0.2) is 0 Å². The molecule has 5 heteroatoms. The van der Waals surface area contributed by atoms with Crippen LogP contribution in [-0.2, 0) is 13.6 Å². The molecule has 0 aliphatic rings. The Labute approximate surface area is 124 Å². The molecule has 0 N–H and O–H groups in total. The lowest BCUT2D eigenvalue weighted by atomic mass is 10.2. The molecule has 3 nitrogen and oxygen atoms in total. The van der Waals surface area contributed by atoms with Crippen molar-refractivity contribution in [1.29, 1.82) is 0 Å². The monoisotopic (exact) mass is 310 g/mol. The molecule has 19 heavy (non-hydrogen) atoms. The first kappa shape index (κ1) is 21.7. The van der Waals surface area contributed by atoms with Crippen LogP contribution in [0.4, 0.5) is 0 Å². The molecule has 118 valence electrons. The highest BCUT2D eigenvalue weighted by molar-refractivity contribution is 7.33. The van der Waals surface area contributed by atoms with Crippen molar-refractivity contribution in [2.45, 2.75) is 78.1 Å². The van der Waals surface area contributed by atoms with Gasteiger partial charge in [0.05, 0.1) is 13.2 Å². The lowest BCUT2D eigenvalue weighted by Crippen LogP contribution is -1.92. The second kappa shape index (κ2) is 18.4. The SMILES string of the molecule is CCCCCCCO[PH](=O)OCCCCCCC.[SiH4]. The summed E-state index contributed by atoms with van der Waals surface area (Å²) in [6.07, 6.45) is 11.9. The molecule has 0 aliphatic carbocycles. The van der Waals surface area contributed by atoms with E-state index in [1.165, 1.54) is 51.4 Å². The summed E-state index contributed by atoms with van der Waals surface area (Å²) in [7, 11) is -2.22. The molecule has 0 unspecified atom stereocenters. The smallest absolute Gasteiger partial charge is 0.311 e. The number of hydrogen-bond donors (Lipinski definition) is 0. The minimum atomic E-state index is -2.22. The van der Waals surface area contributed by atoms with Crippen LogP contribution < -0.4 is 0 Å². The topological polar surface area (TPSA) is 35.5 Å². The molecule has 0 bridgehead atoms. The van der Waals surface area contributed by atoms with Crippen molar-refractivity contribution in [1.82, 2.24) is 0 Å². The Hall–Kier alpha value is 0.367. The molecule has 0 aromatic heterocycles. The van der Waals surface area contributed by atoms with Crippen LogP contribution in [0.15, 0.2) is 0 Å². The maximum absolute atomic E-state index is 11.4. The number of unbranched alkanes of at least 4 members (excludes halogenated alkanes) is 8. The third-order valence-corrected chi connectivity index (χ3v) is 3.82. The van der Waals surface area contributed by atoms with E-state index < -0.39 is 8.25 Å². The van der Waals surface area contributed by atoms with Gasteiger partial charge < -0.3 is 9.05 Å². The predicted molar refractivity (Wildman–Crippen MR) is 89.8 cm³/mol. The third kappa shape index (κ3) is 18.4. The van der Waals surface area contributed by atoms with Gasteiger partial charge in [-0.05, 0) is 23.8 Å². The summed E-state index contributed by atoms with van der Waals surface area (Å²) < 4.78 is 21.7. The van der Waals surface area contributed by atoms with E-state index in [-0.39, 0.29) is 11.0 Å². The first-order valence-electron chi connectivity index (χ1n) is 7.60. The molecule has 0 saturated carbocycles. The van der Waals surface area contributed by atoms with Crippen LogP contribution in [-0.4, -0.2) is 24.2 Å². The first-order chi connectivity index (χ1) is 8.81. The van der Waals surface area contributed by atoms with Crippen LogP contribution in [0, 0.1) is 0 Å². The lowest BCUT2D eigenvalue weighted by Gasteiger charge is -2.05. The standard InChI is InChI=1S/C14H31O3P.H4Si/c1-3-5-7-9-11-13-16-18(15)17-14-12-10-8-6-4-2;/h18H,3-14H2,1-2H3;1H4. The summed E-state index contributed by atoms with van der Waals surface area (Å²) in [6, 6.07) is 0. The normalized spacial score (nSPS) is 10.7. The van der Waals surface area contributed by atoms with E-state index in [9.17, 15) is 4.57 Å². The fourth-order valence-electron chi connectivity index (χ4n) is 1.76. The molecule has 0 spiro atoms. The van der Waals surface area contributed by atoms with Gasteiger partial charge in [0.25, 0.3) is 0 Å². The highest BCUT2D eigenvalue weighted by Crippen LogP contribution is 2.24. The molecule has 0 rings (SSSR count). The van der Waals surface area contributed by atoms with E-state index in [2.05, 4.69) is 13.8 Å². The first-order valence-corrected chi connectivity index (χ1v) is 8.83. The largest absolute Gasteiger partial charge is 0.319 e. The van der Waals surface area contributed by atoms with Crippen molar-refractivity contribution >= 4 is 19.2 Å². The Balaban J connectivity index is 0. The maximum atomic E-state index is 11.4. The van der Waals surface area contributed by atoms with E-state index in [0.29, 0.717) is 13.2 Å². The highest BCUT2D eigenvalue weighted by Gasteiger charge is 1.99. The summed E-state index contributed by atoms with van der Waals surface area (Å²) in [5.74, 6) is 0. The average molecular weight is 310 g/mol. The van der Waals surface area contributed by atoms with Crippen molar-refractivity contribution in [2.75, 3.05) is 13.2 Å². The molecule has 0 aromatic carbocycles. The van der Waals surface area contributed by atoms with Crippen LogP contribution in [0.3, 0.4) is 0 Å². The highest BCUT2D eigenvalue weighted by atomic mass is 31.1. The second-order valence-electron chi connectivity index (χ2n) is 4.78. The Morgan fingerprint density at radius 3 is 1.42 bits per heavy atom. The minimum absolute atomic E-state index is 0. The summed E-state index contributed by atoms with van der Waals surface area (Å²) in [5.41, 5.74) is 0. The zero-order chi connectivity index (χ0) is 13.5. The quantitative estimate of drug-likeness (QED) is 0.277. The average Bonchev–Trinajstić information content (AvgIpc) is 2.38. The van der Waals surface area contributed by atoms with Crippen LogP contribution in [0.25, 0.3) is 0 Å². The van der Waals surface area contributed by atoms with Gasteiger partial charge in [-0.15, -0.1) is 0 Å². The Morgan fingerprint density at radius 1 is 0.684 bits per heavy atom. The molecular formula is C14H35O3PSi. The fourth-order valence-corrected chi connectivity index (χ4v) is 2.47. The van der Waals surface area contributed by atoms with Gasteiger partial charge in [0.1, 0.15) is 0 Å². The molecule has 0 aromatic rings. The molecule has 0 atom stereocenters. The Kier molecular flexibility index (Phi) is 20.9. The van der Waals surface area contributed by atoms with E-state index in [4.69, 9.17) is 9.05 Å². The van der Waals surface area contributed by atoms with E-state index in [0.717, 1.165) is 12.8 Å². The van der Waals surface area contributed by atoms with Crippen LogP contribution >= 0.6 is 8.25 Å². The zero-order valence-corrected chi connectivity index (χ0v) is 13.2. The van der Waals surface area contributed by atoms with Crippen LogP contribution in [0.5, 0.6) is 0 Å². The summed E-state index contributed by atoms with van der Waals surface area (Å²) in [4.78, 5) is 0. The van der Waals surface area contributed by atoms with Gasteiger partial charge >= 0.3 is 8.25 Å². The van der Waals surface area contributed by atoms with Crippen LogP contribution in [0.1, 0.15) is 78.1 Å². The van der Waals surface area contributed by atoms with Gasteiger partial charge in [-0.3, -0.25) is 4.57 Å². The molecule has 0 amide bonds. The predicted octanol–water partition coefficient (Wildman–Crippen LogP) is 3.90. The van der Waals surface area contributed by atoms with Crippen molar-refractivity contribution in [3.8, 4) is 0 Å². The number of hydrogen-bond acceptors (Lipinski definition) is 3. The Bertz CT molecular complexity index is 174. The summed E-state index contributed by atoms with van der Waals surface area (Å²) >= 11 is 0. The van der Waals surface area contributed by atoms with E-state index in [1.807, 2.05) is 0 Å². The third-order valence-electron chi connectivity index (χ3n) is 2.94. The number of rotatable bonds is 14. The lowest BCUT2D eigenvalue weighted by molar-refractivity contribution is 0.218. The van der Waals surface area contributed by atoms with Crippen molar-refractivity contribution in [2.24, 2.45) is 0 Å². The molecule has 0 aliphatic heterocycles. The maximum Gasteiger partial charge on any atom is 0.319 e. The van der Waals surface area contributed by atoms with Crippen molar-refractivity contribution < 1.29 is 13.6 Å². The molecule has 0 radical (unpaired) electrons. The van der Waals surface area contributed by atoms with Gasteiger partial charge in [-0.1, -0.05) is 65.2 Å². The summed E-state index contributed by atoms with van der Waals surface area (Å²) in [6.45, 7) is 5.56. The zero-order valence-electron chi connectivity index (χ0n) is 12.2. The minimum Gasteiger partial charge on any atom is -0.311 e. The van der Waals surface area contributed by atoms with Gasteiger partial charge in [0.2, 0.25) is 0 Å². The molecular weight excluding hydrogens is 275 g/mol.